The summed E-state index contributed by atoms with van der Waals surface area (Å²) in [5.74, 6) is 1.20. The quantitative estimate of drug-likeness (QED) is 0.103. The van der Waals surface area contributed by atoms with Gasteiger partial charge < -0.3 is 15.3 Å². The van der Waals surface area contributed by atoms with Crippen LogP contribution in [0.15, 0.2) is 133 Å². The van der Waals surface area contributed by atoms with E-state index in [1.54, 1.807) is 30.4 Å². The van der Waals surface area contributed by atoms with Gasteiger partial charge in [-0.15, -0.1) is 0 Å². The minimum absolute atomic E-state index is 0.00185. The van der Waals surface area contributed by atoms with E-state index in [0.717, 1.165) is 58.5 Å². The lowest BCUT2D eigenvalue weighted by Gasteiger charge is -2.24. The molecule has 336 valence electrons. The number of aromatic nitrogens is 2. The molecule has 4 N–H and O–H groups in total. The SMILES string of the molecule is CC1(c2cccc(NS(C)(=O)=O)c2)C2CN(C(=O)/C=C/c3ccc4ccccc4n3)CC21.CC1(c2cccc(NS(C)(=O)=O)c2)C2CNCC21.O=C(O)/C=C/c1ccc2ccccc2n1. The van der Waals surface area contributed by atoms with E-state index in [-0.39, 0.29) is 16.7 Å². The number of benzene rings is 4. The van der Waals surface area contributed by atoms with Gasteiger partial charge in [0.15, 0.2) is 0 Å². The number of anilines is 2. The number of carboxylic acid groups (broad SMARTS) is 1. The molecule has 13 nitrogen and oxygen atoms in total. The second-order valence-electron chi connectivity index (χ2n) is 17.7. The fourth-order valence-corrected chi connectivity index (χ4v) is 10.9. The normalized spacial score (nSPS) is 24.1. The Hall–Kier alpha value is -6.42. The van der Waals surface area contributed by atoms with Gasteiger partial charge in [0.1, 0.15) is 0 Å². The number of hydrogen-bond acceptors (Lipinski definition) is 9. The van der Waals surface area contributed by atoms with Crippen molar-refractivity contribution in [2.24, 2.45) is 23.7 Å². The van der Waals surface area contributed by atoms with Crippen molar-refractivity contribution in [1.29, 1.82) is 0 Å². The highest BCUT2D eigenvalue weighted by Crippen LogP contribution is 2.63. The Kier molecular flexibility index (Phi) is 12.4. The molecule has 6 aromatic rings. The van der Waals surface area contributed by atoms with E-state index in [0.29, 0.717) is 53.8 Å². The summed E-state index contributed by atoms with van der Waals surface area (Å²) in [7, 11) is -6.51. The predicted molar refractivity (Wildman–Crippen MR) is 257 cm³/mol. The molecule has 0 radical (unpaired) electrons. The Bertz CT molecular complexity index is 3060. The molecular formula is C50H52N6O7S2. The molecule has 4 unspecified atom stereocenters. The zero-order valence-corrected chi connectivity index (χ0v) is 38.2. The molecule has 0 spiro atoms. The van der Waals surface area contributed by atoms with Crippen LogP contribution in [0.2, 0.25) is 0 Å². The molecule has 4 atom stereocenters. The first-order valence-corrected chi connectivity index (χ1v) is 25.2. The van der Waals surface area contributed by atoms with Gasteiger partial charge in [0, 0.05) is 58.2 Å². The third kappa shape index (κ3) is 10.3. The van der Waals surface area contributed by atoms with Gasteiger partial charge >= 0.3 is 5.97 Å². The van der Waals surface area contributed by atoms with Gasteiger partial charge in [0.25, 0.3) is 0 Å². The first kappa shape index (κ1) is 45.2. The van der Waals surface area contributed by atoms with Gasteiger partial charge in [0.05, 0.1) is 34.9 Å². The fourth-order valence-electron chi connectivity index (χ4n) is 9.75. The molecule has 4 heterocycles. The second kappa shape index (κ2) is 17.9. The van der Waals surface area contributed by atoms with Crippen LogP contribution in [-0.4, -0.2) is 87.4 Å². The monoisotopic (exact) mass is 912 g/mol. The zero-order valence-electron chi connectivity index (χ0n) is 36.5. The maximum Gasteiger partial charge on any atom is 0.328 e. The van der Waals surface area contributed by atoms with Crippen LogP contribution in [0.5, 0.6) is 0 Å². The van der Waals surface area contributed by atoms with Crippen molar-refractivity contribution in [2.45, 2.75) is 24.7 Å². The van der Waals surface area contributed by atoms with Crippen molar-refractivity contribution in [1.82, 2.24) is 20.2 Å². The van der Waals surface area contributed by atoms with E-state index in [9.17, 15) is 26.4 Å². The number of para-hydroxylation sites is 2. The molecule has 10 rings (SSSR count). The zero-order chi connectivity index (χ0) is 46.1. The molecule has 4 aliphatic rings. The van der Waals surface area contributed by atoms with E-state index < -0.39 is 26.0 Å². The number of nitrogens with zero attached hydrogens (tertiary/aromatic N) is 3. The fraction of sp³-hybridized carbons (Fsp3) is 0.280. The van der Waals surface area contributed by atoms with Crippen LogP contribution in [0.25, 0.3) is 34.0 Å². The van der Waals surface area contributed by atoms with E-state index in [1.807, 2.05) is 102 Å². The molecule has 4 aromatic carbocycles. The number of amides is 1. The van der Waals surface area contributed by atoms with Crippen LogP contribution in [0, 0.1) is 23.7 Å². The highest BCUT2D eigenvalue weighted by molar-refractivity contribution is 7.92. The lowest BCUT2D eigenvalue weighted by molar-refractivity contribution is -0.131. The Balaban J connectivity index is 0.000000147. The third-order valence-electron chi connectivity index (χ3n) is 13.3. The maximum atomic E-state index is 12.7. The van der Waals surface area contributed by atoms with Crippen molar-refractivity contribution < 1.29 is 31.5 Å². The Morgan fingerprint density at radius 2 is 1.08 bits per heavy atom. The van der Waals surface area contributed by atoms with Gasteiger partial charge in [-0.1, -0.05) is 86.6 Å². The number of rotatable bonds is 10. The average molecular weight is 913 g/mol. The number of aliphatic carboxylic acids is 1. The molecule has 2 aliphatic heterocycles. The first-order valence-electron chi connectivity index (χ1n) is 21.4. The molecule has 2 aliphatic carbocycles. The number of pyridine rings is 2. The van der Waals surface area contributed by atoms with Crippen LogP contribution >= 0.6 is 0 Å². The van der Waals surface area contributed by atoms with E-state index >= 15 is 0 Å². The van der Waals surface area contributed by atoms with Crippen molar-refractivity contribution in [3.05, 3.63) is 156 Å². The Labute approximate surface area is 379 Å². The third-order valence-corrected chi connectivity index (χ3v) is 14.5. The smallest absolute Gasteiger partial charge is 0.328 e. The molecule has 65 heavy (non-hydrogen) atoms. The van der Waals surface area contributed by atoms with E-state index in [1.165, 1.54) is 17.9 Å². The Morgan fingerprint density at radius 1 is 0.631 bits per heavy atom. The minimum atomic E-state index is -3.31. The predicted octanol–water partition coefficient (Wildman–Crippen LogP) is 7.16. The highest BCUT2D eigenvalue weighted by Gasteiger charge is 2.66. The summed E-state index contributed by atoms with van der Waals surface area (Å²) in [6.07, 6.45) is 8.27. The molecule has 2 saturated heterocycles. The van der Waals surface area contributed by atoms with Crippen LogP contribution in [0.4, 0.5) is 11.4 Å². The summed E-state index contributed by atoms with van der Waals surface area (Å²) in [6, 6.07) is 38.7. The number of carboxylic acids is 1. The van der Waals surface area contributed by atoms with Crippen LogP contribution in [-0.2, 0) is 40.5 Å². The number of carbonyl (C=O) groups excluding carboxylic acids is 1. The number of nitrogens with one attached hydrogen (secondary N) is 3. The maximum absolute atomic E-state index is 12.7. The first-order chi connectivity index (χ1) is 30.9. The van der Waals surface area contributed by atoms with Crippen molar-refractivity contribution >= 4 is 77.3 Å². The minimum Gasteiger partial charge on any atom is -0.478 e. The number of fused-ring (bicyclic) bond motifs is 4. The summed E-state index contributed by atoms with van der Waals surface area (Å²) >= 11 is 0. The number of piperidine rings is 2. The molecule has 2 aromatic heterocycles. The number of likely N-dealkylation sites (tertiary alicyclic amines) is 1. The van der Waals surface area contributed by atoms with Crippen molar-refractivity contribution in [3.63, 3.8) is 0 Å². The summed E-state index contributed by atoms with van der Waals surface area (Å²) in [5, 5.41) is 14.0. The van der Waals surface area contributed by atoms with E-state index in [2.05, 4.69) is 44.6 Å². The number of carbonyl (C=O) groups is 2. The van der Waals surface area contributed by atoms with Crippen LogP contribution < -0.4 is 14.8 Å². The summed E-state index contributed by atoms with van der Waals surface area (Å²) in [6.45, 7) is 8.05. The lowest BCUT2D eigenvalue weighted by atomic mass is 9.92. The Morgan fingerprint density at radius 3 is 1.54 bits per heavy atom. The standard InChI is InChI=1S/C25H25N3O3S.C13H18N2O2S.C12H9NO2/c1-25(18-7-5-8-20(14-18)27-32(2,30)31)21-15-28(16-22(21)25)24(29)13-12-19-11-10-17-6-3-4-9-23(17)26-19;1-13(11-7-14-8-12(11)13)9-4-3-5-10(6-9)15-18(2,16)17;14-12(15)8-7-10-6-5-9-3-1-2-4-11(9)13-10/h3-14,21-22,27H,15-16H2,1-2H3;3-6,11-12,14-15H,7-8H2,1-2H3;1-8H,(H,14,15)/b13-12+;;8-7+. The largest absolute Gasteiger partial charge is 0.478 e. The van der Waals surface area contributed by atoms with Gasteiger partial charge in [-0.2, -0.15) is 0 Å². The highest BCUT2D eigenvalue weighted by atomic mass is 32.2. The lowest BCUT2D eigenvalue weighted by Crippen LogP contribution is -2.33. The van der Waals surface area contributed by atoms with Gasteiger partial charge in [0.2, 0.25) is 26.0 Å². The summed E-state index contributed by atoms with van der Waals surface area (Å²) in [4.78, 5) is 33.8. The van der Waals surface area contributed by atoms with Crippen molar-refractivity contribution in [3.8, 4) is 0 Å². The molecule has 4 fully saturated rings. The number of hydrogen-bond donors (Lipinski definition) is 4. The van der Waals surface area contributed by atoms with Crippen LogP contribution in [0.1, 0.15) is 36.4 Å². The molecule has 2 saturated carbocycles. The topological polar surface area (TPSA) is 188 Å². The molecule has 1 amide bonds. The number of sulfonamides is 2. The summed E-state index contributed by atoms with van der Waals surface area (Å²) < 4.78 is 50.7. The van der Waals surface area contributed by atoms with Gasteiger partial charge in [-0.25, -0.2) is 31.6 Å². The van der Waals surface area contributed by atoms with Gasteiger partial charge in [-0.3, -0.25) is 14.2 Å². The van der Waals surface area contributed by atoms with Crippen molar-refractivity contribution in [2.75, 3.05) is 48.1 Å². The van der Waals surface area contributed by atoms with E-state index in [4.69, 9.17) is 5.11 Å². The van der Waals surface area contributed by atoms with Crippen LogP contribution in [0.3, 0.4) is 0 Å². The molecular weight excluding hydrogens is 861 g/mol. The second-order valence-corrected chi connectivity index (χ2v) is 21.2. The average Bonchev–Trinajstić information content (AvgIpc) is 3.71. The molecule has 0 bridgehead atoms. The van der Waals surface area contributed by atoms with Gasteiger partial charge in [-0.05, 0) is 109 Å². The summed E-state index contributed by atoms with van der Waals surface area (Å²) in [5.41, 5.74) is 6.98. The molecule has 15 heteroatoms.